The van der Waals surface area contributed by atoms with Gasteiger partial charge in [0.25, 0.3) is 0 Å². The van der Waals surface area contributed by atoms with Crippen molar-refractivity contribution in [2.75, 3.05) is 0 Å². The Bertz CT molecular complexity index is 356. The SMILES string of the molecule is I.NC(N)=NCc1ccccc1OC(F)F. The molecule has 0 unspecified atom stereocenters. The van der Waals surface area contributed by atoms with Crippen molar-refractivity contribution >= 4 is 29.9 Å². The number of para-hydroxylation sites is 1. The maximum atomic E-state index is 12.0. The lowest BCUT2D eigenvalue weighted by Gasteiger charge is -2.08. The van der Waals surface area contributed by atoms with E-state index in [1.807, 2.05) is 0 Å². The minimum Gasteiger partial charge on any atom is -0.434 e. The quantitative estimate of drug-likeness (QED) is 0.496. The standard InChI is InChI=1S/C9H11F2N3O.HI/c10-8(11)15-7-4-2-1-3-6(7)5-14-9(12)13;/h1-4,8H,5H2,(H4,12,13,14);1H. The first-order valence-corrected chi connectivity index (χ1v) is 4.17. The van der Waals surface area contributed by atoms with E-state index >= 15 is 0 Å². The Morgan fingerprint density at radius 1 is 1.31 bits per heavy atom. The summed E-state index contributed by atoms with van der Waals surface area (Å²) in [5, 5.41) is 0. The third kappa shape index (κ3) is 5.10. The number of alkyl halides is 2. The van der Waals surface area contributed by atoms with Crippen LogP contribution in [0.3, 0.4) is 0 Å². The highest BCUT2D eigenvalue weighted by molar-refractivity contribution is 14.0. The van der Waals surface area contributed by atoms with Crippen molar-refractivity contribution in [1.29, 1.82) is 0 Å². The molecule has 0 aromatic heterocycles. The van der Waals surface area contributed by atoms with Gasteiger partial charge in [-0.3, -0.25) is 0 Å². The second-order valence-electron chi connectivity index (χ2n) is 2.73. The number of guanidine groups is 1. The molecule has 0 bridgehead atoms. The molecule has 0 fully saturated rings. The Labute approximate surface area is 109 Å². The van der Waals surface area contributed by atoms with Crippen molar-refractivity contribution in [3.63, 3.8) is 0 Å². The summed E-state index contributed by atoms with van der Waals surface area (Å²) in [4.78, 5) is 3.71. The highest BCUT2D eigenvalue weighted by Crippen LogP contribution is 2.20. The van der Waals surface area contributed by atoms with Crippen LogP contribution < -0.4 is 16.2 Å². The lowest BCUT2D eigenvalue weighted by atomic mass is 10.2. The third-order valence-electron chi connectivity index (χ3n) is 1.62. The Balaban J connectivity index is 0.00000225. The zero-order valence-corrected chi connectivity index (χ0v) is 10.6. The van der Waals surface area contributed by atoms with Gasteiger partial charge in [0.15, 0.2) is 5.96 Å². The first kappa shape index (κ1) is 14.9. The van der Waals surface area contributed by atoms with Crippen LogP contribution in [0, 0.1) is 0 Å². The van der Waals surface area contributed by atoms with E-state index in [9.17, 15) is 8.78 Å². The molecule has 0 heterocycles. The topological polar surface area (TPSA) is 73.6 Å². The average molecular weight is 343 g/mol. The van der Waals surface area contributed by atoms with Gasteiger partial charge in [-0.1, -0.05) is 18.2 Å². The van der Waals surface area contributed by atoms with Crippen molar-refractivity contribution in [2.24, 2.45) is 16.5 Å². The fourth-order valence-electron chi connectivity index (χ4n) is 1.02. The van der Waals surface area contributed by atoms with Crippen molar-refractivity contribution in [2.45, 2.75) is 13.2 Å². The molecule has 0 saturated carbocycles. The average Bonchev–Trinajstić information content (AvgIpc) is 2.15. The smallest absolute Gasteiger partial charge is 0.387 e. The number of hydrogen-bond donors (Lipinski definition) is 2. The van der Waals surface area contributed by atoms with Crippen LogP contribution in [0.15, 0.2) is 29.3 Å². The lowest BCUT2D eigenvalue weighted by molar-refractivity contribution is -0.0504. The fraction of sp³-hybridized carbons (Fsp3) is 0.222. The van der Waals surface area contributed by atoms with Gasteiger partial charge in [-0.15, -0.1) is 24.0 Å². The molecule has 0 radical (unpaired) electrons. The van der Waals surface area contributed by atoms with Crippen molar-refractivity contribution in [1.82, 2.24) is 0 Å². The highest BCUT2D eigenvalue weighted by Gasteiger charge is 2.08. The zero-order chi connectivity index (χ0) is 11.3. The number of nitrogens with two attached hydrogens (primary N) is 2. The van der Waals surface area contributed by atoms with Gasteiger partial charge in [-0.25, -0.2) is 4.99 Å². The number of ether oxygens (including phenoxy) is 1. The molecule has 0 aliphatic rings. The summed E-state index contributed by atoms with van der Waals surface area (Å²) in [6.45, 7) is -2.74. The summed E-state index contributed by atoms with van der Waals surface area (Å²) in [5.41, 5.74) is 10.8. The van der Waals surface area contributed by atoms with Crippen molar-refractivity contribution < 1.29 is 13.5 Å². The Morgan fingerprint density at radius 2 is 1.94 bits per heavy atom. The molecule has 1 aromatic carbocycles. The monoisotopic (exact) mass is 343 g/mol. The maximum Gasteiger partial charge on any atom is 0.387 e. The van der Waals surface area contributed by atoms with Gasteiger partial charge in [-0.05, 0) is 6.07 Å². The largest absolute Gasteiger partial charge is 0.434 e. The normalized spacial score (nSPS) is 9.44. The first-order valence-electron chi connectivity index (χ1n) is 4.17. The number of rotatable bonds is 4. The van der Waals surface area contributed by atoms with Gasteiger partial charge in [0.2, 0.25) is 0 Å². The summed E-state index contributed by atoms with van der Waals surface area (Å²) >= 11 is 0. The molecule has 4 N–H and O–H groups in total. The summed E-state index contributed by atoms with van der Waals surface area (Å²) in [6, 6.07) is 6.33. The predicted octanol–water partition coefficient (Wildman–Crippen LogP) is 1.68. The molecule has 1 aromatic rings. The summed E-state index contributed by atoms with van der Waals surface area (Å²) in [5.74, 6) is -0.0145. The number of nitrogens with zero attached hydrogens (tertiary/aromatic N) is 1. The molecule has 16 heavy (non-hydrogen) atoms. The molecule has 0 amide bonds. The Morgan fingerprint density at radius 3 is 2.50 bits per heavy atom. The molecule has 7 heteroatoms. The molecule has 0 saturated heterocycles. The van der Waals surface area contributed by atoms with Crippen molar-refractivity contribution in [3.8, 4) is 5.75 Å². The van der Waals surface area contributed by atoms with Crippen molar-refractivity contribution in [3.05, 3.63) is 29.8 Å². The second-order valence-corrected chi connectivity index (χ2v) is 2.73. The van der Waals surface area contributed by atoms with Crippen LogP contribution in [0.4, 0.5) is 8.78 Å². The second kappa shape index (κ2) is 7.20. The van der Waals surface area contributed by atoms with E-state index in [1.165, 1.54) is 6.07 Å². The molecule has 1 rings (SSSR count). The van der Waals surface area contributed by atoms with Crippen LogP contribution in [0.5, 0.6) is 5.75 Å². The maximum absolute atomic E-state index is 12.0. The molecular weight excluding hydrogens is 331 g/mol. The molecular formula is C9H12F2IN3O. The molecule has 0 aliphatic carbocycles. The summed E-state index contributed by atoms with van der Waals surface area (Å²) in [7, 11) is 0. The van der Waals surface area contributed by atoms with E-state index in [1.54, 1.807) is 18.2 Å². The van der Waals surface area contributed by atoms with Crippen LogP contribution >= 0.6 is 24.0 Å². The van der Waals surface area contributed by atoms with E-state index in [2.05, 4.69) is 9.73 Å². The third-order valence-corrected chi connectivity index (χ3v) is 1.62. The van der Waals surface area contributed by atoms with Crippen LogP contribution in [0.25, 0.3) is 0 Å². The number of benzene rings is 1. The van der Waals surface area contributed by atoms with Gasteiger partial charge in [0.1, 0.15) is 5.75 Å². The Kier molecular flexibility index (Phi) is 6.70. The van der Waals surface area contributed by atoms with Gasteiger partial charge >= 0.3 is 6.61 Å². The number of aliphatic imine (C=N–C) groups is 1. The molecule has 0 atom stereocenters. The van der Waals surface area contributed by atoms with Crippen LogP contribution in [-0.4, -0.2) is 12.6 Å². The van der Waals surface area contributed by atoms with Crippen LogP contribution in [0.1, 0.15) is 5.56 Å². The lowest BCUT2D eigenvalue weighted by Crippen LogP contribution is -2.22. The Hall–Kier alpha value is -1.12. The van der Waals surface area contributed by atoms with E-state index < -0.39 is 6.61 Å². The number of halogens is 3. The van der Waals surface area contributed by atoms with E-state index in [0.29, 0.717) is 5.56 Å². The van der Waals surface area contributed by atoms with Gasteiger partial charge in [0, 0.05) is 5.56 Å². The van der Waals surface area contributed by atoms with Gasteiger partial charge in [-0.2, -0.15) is 8.78 Å². The molecule has 4 nitrogen and oxygen atoms in total. The summed E-state index contributed by atoms with van der Waals surface area (Å²) < 4.78 is 28.3. The van der Waals surface area contributed by atoms with Gasteiger partial charge < -0.3 is 16.2 Å². The predicted molar refractivity (Wildman–Crippen MR) is 68.0 cm³/mol. The zero-order valence-electron chi connectivity index (χ0n) is 8.27. The van der Waals surface area contributed by atoms with E-state index in [0.717, 1.165) is 0 Å². The molecule has 0 spiro atoms. The molecule has 90 valence electrons. The number of hydrogen-bond acceptors (Lipinski definition) is 2. The van der Waals surface area contributed by atoms with E-state index in [4.69, 9.17) is 11.5 Å². The minimum absolute atomic E-state index is 0. The minimum atomic E-state index is -2.86. The van der Waals surface area contributed by atoms with Crippen LogP contribution in [-0.2, 0) is 6.54 Å². The highest BCUT2D eigenvalue weighted by atomic mass is 127. The first-order chi connectivity index (χ1) is 7.09. The fourth-order valence-corrected chi connectivity index (χ4v) is 1.02. The van der Waals surface area contributed by atoms with E-state index in [-0.39, 0.29) is 42.2 Å². The summed E-state index contributed by atoms with van der Waals surface area (Å²) in [6.07, 6.45) is 0. The van der Waals surface area contributed by atoms with Gasteiger partial charge in [0.05, 0.1) is 6.54 Å². The van der Waals surface area contributed by atoms with Crippen LogP contribution in [0.2, 0.25) is 0 Å². The molecule has 0 aliphatic heterocycles.